The fourth-order valence-corrected chi connectivity index (χ4v) is 20.6. The quantitative estimate of drug-likeness (QED) is 0.0568. The average molecular weight is 1400 g/mol. The topological polar surface area (TPSA) is 515 Å². The van der Waals surface area contributed by atoms with Gasteiger partial charge in [0.1, 0.15) is 128 Å². The molecule has 0 aromatic carbocycles. The normalized spacial score (nSPS) is 57.9. The summed E-state index contributed by atoms with van der Waals surface area (Å²) in [4.78, 5) is 0. The molecular weight excluding hydrogens is 1290 g/mol. The van der Waals surface area contributed by atoms with Crippen molar-refractivity contribution in [2.24, 2.45) is 56.7 Å². The minimum absolute atomic E-state index is 0.0553. The molecule has 20 N–H and O–H groups in total. The Hall–Kier alpha value is -1.28. The van der Waals surface area contributed by atoms with Crippen LogP contribution in [0.15, 0.2) is 0 Å². The first-order valence-corrected chi connectivity index (χ1v) is 34.8. The highest BCUT2D eigenvalue weighted by Crippen LogP contribution is 2.89. The zero-order valence-corrected chi connectivity index (χ0v) is 55.8. The monoisotopic (exact) mass is 1400 g/mol. The molecule has 42 atom stereocenters. The number of hydrogen-bond donors (Lipinski definition) is 20. The number of aliphatic hydroxyl groups is 20. The summed E-state index contributed by atoms with van der Waals surface area (Å²) in [6.07, 6.45) is -44.1. The van der Waals surface area contributed by atoms with Crippen LogP contribution in [-0.4, -0.2) is 337 Å². The van der Waals surface area contributed by atoms with Gasteiger partial charge in [-0.1, -0.05) is 20.8 Å². The van der Waals surface area contributed by atoms with Gasteiger partial charge < -0.3 is 159 Å². The first-order valence-electron chi connectivity index (χ1n) is 34.8. The number of hydrogen-bond acceptors (Lipinski definition) is 32. The molecule has 6 heterocycles. The van der Waals surface area contributed by atoms with Crippen LogP contribution >= 0.6 is 0 Å². The molecule has 0 aromatic heterocycles. The molecular formula is C65H108O32. The molecule has 32 nitrogen and oxygen atoms in total. The van der Waals surface area contributed by atoms with E-state index in [9.17, 15) is 102 Å². The van der Waals surface area contributed by atoms with Gasteiger partial charge in [0.15, 0.2) is 37.7 Å². The van der Waals surface area contributed by atoms with Crippen LogP contribution in [-0.2, 0) is 56.8 Å². The smallest absolute Gasteiger partial charge is 0.187 e. The van der Waals surface area contributed by atoms with Gasteiger partial charge in [-0.2, -0.15) is 0 Å². The van der Waals surface area contributed by atoms with Gasteiger partial charge in [0.25, 0.3) is 0 Å². The third kappa shape index (κ3) is 12.6. The van der Waals surface area contributed by atoms with Gasteiger partial charge in [-0.25, -0.2) is 0 Å². The Kier molecular flexibility index (Phi) is 21.7. The Bertz CT molecular complexity index is 2670. The van der Waals surface area contributed by atoms with Gasteiger partial charge in [-0.15, -0.1) is 0 Å². The maximum atomic E-state index is 12.8. The van der Waals surface area contributed by atoms with E-state index in [1.807, 2.05) is 6.92 Å². The first-order chi connectivity index (χ1) is 45.5. The van der Waals surface area contributed by atoms with E-state index >= 15 is 0 Å². The van der Waals surface area contributed by atoms with Gasteiger partial charge >= 0.3 is 0 Å². The average Bonchev–Trinajstić information content (AvgIpc) is 1.46. The Balaban J connectivity index is 0.793. The predicted molar refractivity (Wildman–Crippen MR) is 321 cm³/mol. The summed E-state index contributed by atoms with van der Waals surface area (Å²) < 4.78 is 73.3. The van der Waals surface area contributed by atoms with Crippen molar-refractivity contribution in [3.05, 3.63) is 0 Å². The summed E-state index contributed by atoms with van der Waals surface area (Å²) in [6, 6.07) is 0. The molecule has 0 bridgehead atoms. The lowest BCUT2D eigenvalue weighted by Gasteiger charge is -2.64. The number of fused-ring (bicyclic) bond motifs is 2. The molecule has 6 saturated carbocycles. The maximum absolute atomic E-state index is 12.8. The van der Waals surface area contributed by atoms with E-state index in [1.165, 1.54) is 13.8 Å². The van der Waals surface area contributed by atoms with Crippen LogP contribution in [0.25, 0.3) is 0 Å². The number of ether oxygens (including phenoxy) is 12. The van der Waals surface area contributed by atoms with E-state index < -0.39 is 251 Å². The highest BCUT2D eigenvalue weighted by Gasteiger charge is 2.83. The summed E-state index contributed by atoms with van der Waals surface area (Å²) in [5, 5.41) is 222. The molecule has 12 fully saturated rings. The summed E-state index contributed by atoms with van der Waals surface area (Å²) >= 11 is 0. The SMILES string of the molecule is C[C@@H]1O[C@@H](OC[C@H]2O[C@@H](O[C@H]3CC[C@]45C[C@]46CC[C@]4(C)[C@@H]([C@@H]7[C@H](O)[C@@H](C(C)(C)O)C[C@@H]7O[C@@H]7O[C@H](CO[C@@H]8OC[C@@H](O)[C@H](O)[C@H]8O)[C@@H](O)[C@H](O)[C@H]7O[C@@H]7O[C@H](CO)[C@@H](O)[C@H](O)[C@H]7O)CC[C@@]4(C)[C@@H]6CC[C@H]5[C@@]3(C)CO)[C@H](O[C@@H]3O[C@@H](C)[C@H](O)[C@@H](O)[C@H]3O)[C@@H](O)[C@@H]2O)[C@H](O)[C@H](O)[C@H]1O. The van der Waals surface area contributed by atoms with Crippen LogP contribution < -0.4 is 0 Å². The van der Waals surface area contributed by atoms with Crippen LogP contribution in [0, 0.1) is 56.7 Å². The van der Waals surface area contributed by atoms with E-state index in [1.54, 1.807) is 13.8 Å². The van der Waals surface area contributed by atoms with Crippen LogP contribution in [0.4, 0.5) is 0 Å². The van der Waals surface area contributed by atoms with Crippen molar-refractivity contribution in [3.8, 4) is 0 Å². The minimum atomic E-state index is -1.96. The highest BCUT2D eigenvalue weighted by molar-refractivity contribution is 5.31. The Labute approximate surface area is 561 Å². The van der Waals surface area contributed by atoms with Crippen molar-refractivity contribution in [2.45, 2.75) is 315 Å². The van der Waals surface area contributed by atoms with E-state index in [-0.39, 0.29) is 47.0 Å². The molecule has 6 saturated heterocycles. The van der Waals surface area contributed by atoms with Gasteiger partial charge in [-0.3, -0.25) is 0 Å². The third-order valence-electron chi connectivity index (χ3n) is 26.6. The summed E-state index contributed by atoms with van der Waals surface area (Å²) in [7, 11) is 0. The summed E-state index contributed by atoms with van der Waals surface area (Å²) in [6.45, 7) is 9.95. The van der Waals surface area contributed by atoms with Crippen molar-refractivity contribution >= 4 is 0 Å². The van der Waals surface area contributed by atoms with Crippen molar-refractivity contribution in [2.75, 3.05) is 33.0 Å². The summed E-state index contributed by atoms with van der Waals surface area (Å²) in [5.41, 5.74) is -3.78. The van der Waals surface area contributed by atoms with Gasteiger partial charge in [0, 0.05) is 17.3 Å². The van der Waals surface area contributed by atoms with Crippen LogP contribution in [0.2, 0.25) is 0 Å². The van der Waals surface area contributed by atoms with E-state index in [2.05, 4.69) is 13.8 Å². The van der Waals surface area contributed by atoms with Gasteiger partial charge in [0.2, 0.25) is 0 Å². The van der Waals surface area contributed by atoms with E-state index in [4.69, 9.17) is 56.8 Å². The molecule has 0 amide bonds. The first kappa shape index (κ1) is 75.4. The standard InChI is InChI=1S/C65H108O32/c1-23-36(69)43(76)49(82)55(89-23)88-20-31-42(75)47(80)53(96-56-50(83)44(77)37(70)24(2)90-56)59(94-31)95-34-11-13-64-21-65(64)15-14-62(6)25(10-12-63(62,7)33(65)9-8-32(64)61(34,5)22-67)35-28(16-26(38(35)71)60(3,4)85)91-58-52(97-57-51(84)45(78)40(73)29(17-66)92-57)46(79)41(74)30(93-58)19-87-54-48(81)39(72)27(68)18-86-54/h23-59,66-85H,8-22H2,1-7H3/t23-,24-,25+,26-,27+,28-,29+,30+,31+,32-,33-,34-,35-,36-,37-,38+,39-,40+,41+,42+,43+,44+,45-,46-,47-,48+,49+,50+,51+,52+,53+,54-,55+,56-,57-,58+,59-,61+,62+,63-,64+,65-/m0/s1. The van der Waals surface area contributed by atoms with Crippen LogP contribution in [0.1, 0.15) is 113 Å². The maximum Gasteiger partial charge on any atom is 0.187 e. The molecule has 97 heavy (non-hydrogen) atoms. The van der Waals surface area contributed by atoms with Crippen LogP contribution in [0.5, 0.6) is 0 Å². The zero-order chi connectivity index (χ0) is 70.5. The Morgan fingerprint density at radius 3 is 1.52 bits per heavy atom. The van der Waals surface area contributed by atoms with Gasteiger partial charge in [-0.05, 0) is 131 Å². The Morgan fingerprint density at radius 1 is 0.443 bits per heavy atom. The largest absolute Gasteiger partial charge is 0.396 e. The molecule has 0 unspecified atom stereocenters. The van der Waals surface area contributed by atoms with Crippen molar-refractivity contribution in [1.29, 1.82) is 0 Å². The molecule has 12 aliphatic rings. The molecule has 2 spiro atoms. The van der Waals surface area contributed by atoms with E-state index in [0.29, 0.717) is 32.1 Å². The zero-order valence-electron chi connectivity index (χ0n) is 55.8. The minimum Gasteiger partial charge on any atom is -0.396 e. The summed E-state index contributed by atoms with van der Waals surface area (Å²) in [5.74, 6) is -1.76. The molecule has 6 aliphatic carbocycles. The molecule has 6 aliphatic heterocycles. The van der Waals surface area contributed by atoms with Gasteiger partial charge in [0.05, 0.1) is 69.2 Å². The van der Waals surface area contributed by atoms with E-state index in [0.717, 1.165) is 25.7 Å². The fourth-order valence-electron chi connectivity index (χ4n) is 20.6. The highest BCUT2D eigenvalue weighted by atomic mass is 16.8. The van der Waals surface area contributed by atoms with Crippen molar-refractivity contribution < 1.29 is 159 Å². The molecule has 0 aromatic rings. The predicted octanol–water partition coefficient (Wildman–Crippen LogP) is -6.47. The second-order valence-corrected chi connectivity index (χ2v) is 31.9. The fraction of sp³-hybridized carbons (Fsp3) is 1.00. The van der Waals surface area contributed by atoms with Crippen molar-refractivity contribution in [3.63, 3.8) is 0 Å². The number of aliphatic hydroxyl groups excluding tert-OH is 19. The molecule has 560 valence electrons. The molecule has 32 heteroatoms. The Morgan fingerprint density at radius 2 is 0.938 bits per heavy atom. The molecule has 12 rings (SSSR count). The lowest BCUT2D eigenvalue weighted by atomic mass is 9.41. The second-order valence-electron chi connectivity index (χ2n) is 31.9. The third-order valence-corrected chi connectivity index (χ3v) is 26.6. The lowest BCUT2D eigenvalue weighted by Crippen LogP contribution is -2.66. The number of rotatable bonds is 18. The van der Waals surface area contributed by atoms with Crippen molar-refractivity contribution in [1.82, 2.24) is 0 Å². The van der Waals surface area contributed by atoms with Crippen LogP contribution in [0.3, 0.4) is 0 Å². The lowest BCUT2D eigenvalue weighted by molar-refractivity contribution is -0.380. The molecule has 0 radical (unpaired) electrons. The second kappa shape index (κ2) is 27.9.